The Morgan fingerprint density at radius 3 is 2.68 bits per heavy atom. The van der Waals surface area contributed by atoms with Crippen molar-refractivity contribution in [2.24, 2.45) is 11.3 Å². The first kappa shape index (κ1) is 16.9. The number of nitrogens with one attached hydrogen (secondary N) is 1. The predicted octanol–water partition coefficient (Wildman–Crippen LogP) is 2.76. The normalized spacial score (nSPS) is 28.3. The number of likely N-dealkylation sites (tertiary alicyclic amines) is 1. The summed E-state index contributed by atoms with van der Waals surface area (Å²) in [6.45, 7) is 14.9. The van der Waals surface area contributed by atoms with Gasteiger partial charge in [0.25, 0.3) is 0 Å². The zero-order valence-corrected chi connectivity index (χ0v) is 13.7. The van der Waals surface area contributed by atoms with E-state index >= 15 is 0 Å². The van der Waals surface area contributed by atoms with Crippen LogP contribution < -0.4 is 5.32 Å². The molecule has 0 aromatic heterocycles. The van der Waals surface area contributed by atoms with E-state index in [1.807, 2.05) is 7.11 Å². The molecule has 0 bridgehead atoms. The highest BCUT2D eigenvalue weighted by molar-refractivity contribution is 4.85. The molecule has 0 radical (unpaired) electrons. The third kappa shape index (κ3) is 5.41. The zero-order valence-electron chi connectivity index (χ0n) is 13.7. The summed E-state index contributed by atoms with van der Waals surface area (Å²) >= 11 is 0. The summed E-state index contributed by atoms with van der Waals surface area (Å²) in [5.41, 5.74) is 0.392. The van der Waals surface area contributed by atoms with Crippen LogP contribution >= 0.6 is 0 Å². The minimum absolute atomic E-state index is 0.392. The van der Waals surface area contributed by atoms with Gasteiger partial charge in [-0.2, -0.15) is 0 Å². The van der Waals surface area contributed by atoms with Gasteiger partial charge in [-0.1, -0.05) is 34.1 Å². The van der Waals surface area contributed by atoms with Crippen molar-refractivity contribution in [1.82, 2.24) is 10.2 Å². The fraction of sp³-hybridized carbons (Fsp3) is 1.00. The lowest BCUT2D eigenvalue weighted by Crippen LogP contribution is -2.49. The smallest absolute Gasteiger partial charge is 0.0724 e. The molecule has 1 fully saturated rings. The lowest BCUT2D eigenvalue weighted by Gasteiger charge is -2.41. The van der Waals surface area contributed by atoms with E-state index in [1.54, 1.807) is 0 Å². The minimum atomic E-state index is 0.392. The van der Waals surface area contributed by atoms with Gasteiger partial charge in [-0.15, -0.1) is 0 Å². The summed E-state index contributed by atoms with van der Waals surface area (Å²) in [5.74, 6) is 0.701. The van der Waals surface area contributed by atoms with Crippen molar-refractivity contribution in [2.45, 2.75) is 53.1 Å². The molecule has 3 unspecified atom stereocenters. The summed E-state index contributed by atoms with van der Waals surface area (Å²) in [4.78, 5) is 2.61. The number of methoxy groups -OCH3 is 1. The number of hydrogen-bond acceptors (Lipinski definition) is 3. The van der Waals surface area contributed by atoms with Crippen LogP contribution in [0, 0.1) is 11.3 Å². The van der Waals surface area contributed by atoms with E-state index in [0.717, 1.165) is 19.6 Å². The summed E-state index contributed by atoms with van der Waals surface area (Å²) in [5, 5.41) is 3.54. The molecule has 1 aliphatic rings. The Kier molecular flexibility index (Phi) is 7.33. The third-order valence-electron chi connectivity index (χ3n) is 4.54. The van der Waals surface area contributed by atoms with Crippen LogP contribution in [0.5, 0.6) is 0 Å². The van der Waals surface area contributed by atoms with Crippen LogP contribution in [-0.4, -0.2) is 50.8 Å². The van der Waals surface area contributed by atoms with E-state index in [9.17, 15) is 0 Å². The first-order valence-electron chi connectivity index (χ1n) is 8.00. The first-order chi connectivity index (χ1) is 9.04. The van der Waals surface area contributed by atoms with E-state index in [1.165, 1.54) is 32.4 Å². The Hall–Kier alpha value is -0.120. The summed E-state index contributed by atoms with van der Waals surface area (Å²) in [6, 6.07) is 0. The van der Waals surface area contributed by atoms with Crippen molar-refractivity contribution in [1.29, 1.82) is 0 Å². The first-order valence-corrected chi connectivity index (χ1v) is 8.00. The van der Waals surface area contributed by atoms with Gasteiger partial charge >= 0.3 is 0 Å². The number of nitrogens with zero attached hydrogens (tertiary/aromatic N) is 1. The number of hydrogen-bond donors (Lipinski definition) is 1. The molecule has 3 atom stereocenters. The van der Waals surface area contributed by atoms with Crippen LogP contribution in [0.1, 0.15) is 47.0 Å². The fourth-order valence-corrected chi connectivity index (χ4v) is 3.34. The lowest BCUT2D eigenvalue weighted by molar-refractivity contribution is -0.0173. The van der Waals surface area contributed by atoms with Crippen LogP contribution in [-0.2, 0) is 4.74 Å². The molecule has 114 valence electrons. The maximum Gasteiger partial charge on any atom is 0.0724 e. The highest BCUT2D eigenvalue weighted by Gasteiger charge is 2.31. The van der Waals surface area contributed by atoms with Gasteiger partial charge in [0.15, 0.2) is 0 Å². The molecule has 0 saturated carbocycles. The standard InChI is InChI=1S/C16H34N2O/c1-6-9-16(4,12-17-7-2)13-18-10-8-14(3)15(11-18)19-5/h14-15,17H,6-13H2,1-5H3. The maximum atomic E-state index is 5.63. The van der Waals surface area contributed by atoms with Crippen LogP contribution in [0.15, 0.2) is 0 Å². The molecule has 0 aromatic rings. The Labute approximate surface area is 120 Å². The van der Waals surface area contributed by atoms with E-state index in [0.29, 0.717) is 17.4 Å². The van der Waals surface area contributed by atoms with Gasteiger partial charge in [-0.3, -0.25) is 0 Å². The van der Waals surface area contributed by atoms with Crippen LogP contribution in [0.4, 0.5) is 0 Å². The van der Waals surface area contributed by atoms with Crippen LogP contribution in [0.25, 0.3) is 0 Å². The van der Waals surface area contributed by atoms with Gasteiger partial charge in [0.2, 0.25) is 0 Å². The Morgan fingerprint density at radius 1 is 1.37 bits per heavy atom. The summed E-state index contributed by atoms with van der Waals surface area (Å²) < 4.78 is 5.63. The van der Waals surface area contributed by atoms with E-state index < -0.39 is 0 Å². The number of rotatable bonds is 8. The molecule has 1 N–H and O–H groups in total. The number of piperidine rings is 1. The van der Waals surface area contributed by atoms with Crippen molar-refractivity contribution in [3.63, 3.8) is 0 Å². The molecule has 1 rings (SSSR count). The van der Waals surface area contributed by atoms with E-state index in [2.05, 4.69) is 37.9 Å². The van der Waals surface area contributed by atoms with Crippen molar-refractivity contribution >= 4 is 0 Å². The lowest BCUT2D eigenvalue weighted by atomic mass is 9.83. The molecule has 0 spiro atoms. The largest absolute Gasteiger partial charge is 0.380 e. The second kappa shape index (κ2) is 8.23. The molecule has 3 nitrogen and oxygen atoms in total. The van der Waals surface area contributed by atoms with Crippen LogP contribution in [0.3, 0.4) is 0 Å². The molecule has 0 aliphatic carbocycles. The highest BCUT2D eigenvalue weighted by atomic mass is 16.5. The second-order valence-corrected chi connectivity index (χ2v) is 6.62. The van der Waals surface area contributed by atoms with Crippen molar-refractivity contribution in [2.75, 3.05) is 39.8 Å². The van der Waals surface area contributed by atoms with Crippen molar-refractivity contribution in [3.8, 4) is 0 Å². The van der Waals surface area contributed by atoms with Crippen molar-refractivity contribution in [3.05, 3.63) is 0 Å². The van der Waals surface area contributed by atoms with E-state index in [-0.39, 0.29) is 0 Å². The van der Waals surface area contributed by atoms with Crippen LogP contribution in [0.2, 0.25) is 0 Å². The molecule has 1 aliphatic heterocycles. The monoisotopic (exact) mass is 270 g/mol. The van der Waals surface area contributed by atoms with Gasteiger partial charge < -0.3 is 15.0 Å². The average molecular weight is 270 g/mol. The van der Waals surface area contributed by atoms with Gasteiger partial charge in [-0.25, -0.2) is 0 Å². The molecular formula is C16H34N2O. The average Bonchev–Trinajstić information content (AvgIpc) is 2.39. The Bertz CT molecular complexity index is 247. The summed E-state index contributed by atoms with van der Waals surface area (Å²) in [7, 11) is 1.86. The van der Waals surface area contributed by atoms with Gasteiger partial charge in [0.05, 0.1) is 6.10 Å². The summed E-state index contributed by atoms with van der Waals surface area (Å²) in [6.07, 6.45) is 4.24. The van der Waals surface area contributed by atoms with Gasteiger partial charge in [0, 0.05) is 26.7 Å². The SMILES string of the molecule is CCCC(C)(CNCC)CN1CCC(C)C(OC)C1. The number of ether oxygens (including phenoxy) is 1. The van der Waals surface area contributed by atoms with Crippen molar-refractivity contribution < 1.29 is 4.74 Å². The van der Waals surface area contributed by atoms with Gasteiger partial charge in [-0.05, 0) is 37.3 Å². The quantitative estimate of drug-likeness (QED) is 0.734. The Balaban J connectivity index is 2.53. The second-order valence-electron chi connectivity index (χ2n) is 6.62. The van der Waals surface area contributed by atoms with Gasteiger partial charge in [0.1, 0.15) is 0 Å². The minimum Gasteiger partial charge on any atom is -0.380 e. The maximum absolute atomic E-state index is 5.63. The predicted molar refractivity (Wildman–Crippen MR) is 82.6 cm³/mol. The molecule has 0 amide bonds. The fourth-order valence-electron chi connectivity index (χ4n) is 3.34. The molecule has 3 heteroatoms. The molecule has 0 aromatic carbocycles. The molecule has 1 saturated heterocycles. The molecule has 19 heavy (non-hydrogen) atoms. The molecular weight excluding hydrogens is 236 g/mol. The zero-order chi connectivity index (χ0) is 14.3. The van der Waals surface area contributed by atoms with E-state index in [4.69, 9.17) is 4.74 Å². The molecule has 1 heterocycles. The topological polar surface area (TPSA) is 24.5 Å². The third-order valence-corrected chi connectivity index (χ3v) is 4.54. The Morgan fingerprint density at radius 2 is 2.11 bits per heavy atom. The highest BCUT2D eigenvalue weighted by Crippen LogP contribution is 2.27.